The van der Waals surface area contributed by atoms with Crippen LogP contribution in [0.2, 0.25) is 0 Å². The van der Waals surface area contributed by atoms with Gasteiger partial charge in [-0.1, -0.05) is 6.92 Å². The molecule has 0 saturated carbocycles. The van der Waals surface area contributed by atoms with Gasteiger partial charge in [0.25, 0.3) is 0 Å². The molecule has 0 spiro atoms. The summed E-state index contributed by atoms with van der Waals surface area (Å²) in [6.07, 6.45) is 4.84. The monoisotopic (exact) mass is 239 g/mol. The zero-order valence-corrected chi connectivity index (χ0v) is 10.9. The van der Waals surface area contributed by atoms with E-state index in [0.29, 0.717) is 6.54 Å². The SMILES string of the molecule is CCc1nc(CCN2CCCC2)sc1CN. The maximum atomic E-state index is 5.72. The molecule has 90 valence electrons. The summed E-state index contributed by atoms with van der Waals surface area (Å²) in [5.41, 5.74) is 6.93. The topological polar surface area (TPSA) is 42.2 Å². The van der Waals surface area contributed by atoms with Gasteiger partial charge >= 0.3 is 0 Å². The molecule has 16 heavy (non-hydrogen) atoms. The Morgan fingerprint density at radius 2 is 2.12 bits per heavy atom. The molecular formula is C12H21N3S. The molecule has 0 amide bonds. The zero-order valence-electron chi connectivity index (χ0n) is 10.0. The standard InChI is InChI=1S/C12H21N3S/c1-2-10-11(9-13)16-12(14-10)5-8-15-6-3-4-7-15/h2-9,13H2,1H3. The average molecular weight is 239 g/mol. The number of aromatic nitrogens is 1. The largest absolute Gasteiger partial charge is 0.326 e. The van der Waals surface area contributed by atoms with E-state index in [0.717, 1.165) is 12.8 Å². The maximum absolute atomic E-state index is 5.72. The minimum atomic E-state index is 0.643. The lowest BCUT2D eigenvalue weighted by atomic mass is 10.3. The predicted molar refractivity (Wildman–Crippen MR) is 68.8 cm³/mol. The molecule has 0 aliphatic carbocycles. The van der Waals surface area contributed by atoms with Crippen LogP contribution >= 0.6 is 11.3 Å². The molecule has 1 saturated heterocycles. The Hall–Kier alpha value is -0.450. The van der Waals surface area contributed by atoms with Gasteiger partial charge in [0.1, 0.15) is 0 Å². The summed E-state index contributed by atoms with van der Waals surface area (Å²) in [6.45, 7) is 6.51. The molecular weight excluding hydrogens is 218 g/mol. The van der Waals surface area contributed by atoms with Crippen molar-refractivity contribution in [2.24, 2.45) is 5.73 Å². The van der Waals surface area contributed by atoms with Crippen molar-refractivity contribution < 1.29 is 0 Å². The third-order valence-corrected chi connectivity index (χ3v) is 4.36. The summed E-state index contributed by atoms with van der Waals surface area (Å²) in [6, 6.07) is 0. The van der Waals surface area contributed by atoms with Crippen LogP contribution in [0.3, 0.4) is 0 Å². The summed E-state index contributed by atoms with van der Waals surface area (Å²) >= 11 is 1.80. The Balaban J connectivity index is 1.90. The third-order valence-electron chi connectivity index (χ3n) is 3.18. The highest BCUT2D eigenvalue weighted by molar-refractivity contribution is 7.11. The molecule has 0 atom stereocenters. The molecule has 1 aromatic rings. The number of nitrogens with two attached hydrogens (primary N) is 1. The number of likely N-dealkylation sites (tertiary alicyclic amines) is 1. The van der Waals surface area contributed by atoms with Gasteiger partial charge < -0.3 is 10.6 Å². The van der Waals surface area contributed by atoms with Crippen LogP contribution in [-0.4, -0.2) is 29.5 Å². The van der Waals surface area contributed by atoms with E-state index in [4.69, 9.17) is 5.73 Å². The first-order valence-corrected chi connectivity index (χ1v) is 7.05. The van der Waals surface area contributed by atoms with Crippen molar-refractivity contribution >= 4 is 11.3 Å². The van der Waals surface area contributed by atoms with E-state index >= 15 is 0 Å². The molecule has 4 heteroatoms. The second-order valence-corrected chi connectivity index (χ2v) is 5.50. The van der Waals surface area contributed by atoms with Crippen LogP contribution in [0, 0.1) is 0 Å². The summed E-state index contributed by atoms with van der Waals surface area (Å²) < 4.78 is 0. The first-order chi connectivity index (χ1) is 7.83. The number of rotatable bonds is 5. The summed E-state index contributed by atoms with van der Waals surface area (Å²) in [4.78, 5) is 8.49. The number of aryl methyl sites for hydroxylation is 1. The molecule has 0 aromatic carbocycles. The van der Waals surface area contributed by atoms with Gasteiger partial charge in [-0.3, -0.25) is 0 Å². The predicted octanol–water partition coefficient (Wildman–Crippen LogP) is 1.80. The van der Waals surface area contributed by atoms with E-state index in [1.165, 1.54) is 48.1 Å². The zero-order chi connectivity index (χ0) is 11.4. The molecule has 1 aliphatic heterocycles. The van der Waals surface area contributed by atoms with Crippen LogP contribution in [0.1, 0.15) is 35.3 Å². The van der Waals surface area contributed by atoms with Crippen LogP contribution in [0.15, 0.2) is 0 Å². The fourth-order valence-corrected chi connectivity index (χ4v) is 3.26. The van der Waals surface area contributed by atoms with Gasteiger partial charge in [0.15, 0.2) is 0 Å². The Bertz CT molecular complexity index is 308. The fraction of sp³-hybridized carbons (Fsp3) is 0.750. The van der Waals surface area contributed by atoms with Crippen LogP contribution in [0.25, 0.3) is 0 Å². The minimum Gasteiger partial charge on any atom is -0.326 e. The van der Waals surface area contributed by atoms with Crippen molar-refractivity contribution in [3.63, 3.8) is 0 Å². The lowest BCUT2D eigenvalue weighted by Gasteiger charge is -2.12. The van der Waals surface area contributed by atoms with Gasteiger partial charge in [0.05, 0.1) is 10.7 Å². The van der Waals surface area contributed by atoms with Crippen molar-refractivity contribution in [3.05, 3.63) is 15.6 Å². The first-order valence-electron chi connectivity index (χ1n) is 6.23. The second-order valence-electron chi connectivity index (χ2n) is 4.33. The highest BCUT2D eigenvalue weighted by Crippen LogP contribution is 2.20. The highest BCUT2D eigenvalue weighted by Gasteiger charge is 2.13. The van der Waals surface area contributed by atoms with Crippen LogP contribution in [0.4, 0.5) is 0 Å². The lowest BCUT2D eigenvalue weighted by Crippen LogP contribution is -2.21. The second kappa shape index (κ2) is 5.75. The molecule has 3 nitrogen and oxygen atoms in total. The lowest BCUT2D eigenvalue weighted by molar-refractivity contribution is 0.343. The molecule has 0 unspecified atom stereocenters. The van der Waals surface area contributed by atoms with Crippen molar-refractivity contribution in [3.8, 4) is 0 Å². The van der Waals surface area contributed by atoms with E-state index < -0.39 is 0 Å². The number of thiazole rings is 1. The van der Waals surface area contributed by atoms with Crippen LogP contribution < -0.4 is 5.73 Å². The average Bonchev–Trinajstić information content (AvgIpc) is 2.95. The summed E-state index contributed by atoms with van der Waals surface area (Å²) in [5, 5.41) is 1.27. The van der Waals surface area contributed by atoms with E-state index in [9.17, 15) is 0 Å². The number of hydrogen-bond acceptors (Lipinski definition) is 4. The van der Waals surface area contributed by atoms with E-state index in [1.807, 2.05) is 0 Å². The van der Waals surface area contributed by atoms with Gasteiger partial charge in [0, 0.05) is 24.4 Å². The van der Waals surface area contributed by atoms with Gasteiger partial charge in [-0.05, 0) is 32.4 Å². The fourth-order valence-electron chi connectivity index (χ4n) is 2.24. The summed E-state index contributed by atoms with van der Waals surface area (Å²) in [5.74, 6) is 0. The minimum absolute atomic E-state index is 0.643. The molecule has 2 heterocycles. The third kappa shape index (κ3) is 2.81. The molecule has 0 bridgehead atoms. The van der Waals surface area contributed by atoms with Crippen molar-refractivity contribution in [2.75, 3.05) is 19.6 Å². The first kappa shape index (κ1) is 12.0. The van der Waals surface area contributed by atoms with Gasteiger partial charge in [-0.2, -0.15) is 0 Å². The molecule has 1 fully saturated rings. The number of hydrogen-bond donors (Lipinski definition) is 1. The smallest absolute Gasteiger partial charge is 0.0944 e. The molecule has 1 aromatic heterocycles. The summed E-state index contributed by atoms with van der Waals surface area (Å²) in [7, 11) is 0. The Morgan fingerprint density at radius 3 is 2.69 bits per heavy atom. The Labute approximate surface area is 102 Å². The van der Waals surface area contributed by atoms with Crippen molar-refractivity contribution in [1.29, 1.82) is 0 Å². The normalized spacial score (nSPS) is 17.1. The quantitative estimate of drug-likeness (QED) is 0.852. The highest BCUT2D eigenvalue weighted by atomic mass is 32.1. The van der Waals surface area contributed by atoms with E-state index in [-0.39, 0.29) is 0 Å². The van der Waals surface area contributed by atoms with Crippen LogP contribution in [0.5, 0.6) is 0 Å². The Morgan fingerprint density at radius 1 is 1.38 bits per heavy atom. The van der Waals surface area contributed by atoms with E-state index in [1.54, 1.807) is 11.3 Å². The maximum Gasteiger partial charge on any atom is 0.0944 e. The molecule has 2 N–H and O–H groups in total. The Kier molecular flexibility index (Phi) is 4.32. The van der Waals surface area contributed by atoms with Gasteiger partial charge in [-0.25, -0.2) is 4.98 Å². The van der Waals surface area contributed by atoms with Crippen LogP contribution in [-0.2, 0) is 19.4 Å². The molecule has 1 aliphatic rings. The van der Waals surface area contributed by atoms with Gasteiger partial charge in [-0.15, -0.1) is 11.3 Å². The van der Waals surface area contributed by atoms with Crippen molar-refractivity contribution in [1.82, 2.24) is 9.88 Å². The molecule has 2 rings (SSSR count). The van der Waals surface area contributed by atoms with Crippen molar-refractivity contribution in [2.45, 2.75) is 39.2 Å². The van der Waals surface area contributed by atoms with E-state index in [2.05, 4.69) is 16.8 Å². The van der Waals surface area contributed by atoms with Gasteiger partial charge in [0.2, 0.25) is 0 Å². The molecule has 0 radical (unpaired) electrons. The number of nitrogens with zero attached hydrogens (tertiary/aromatic N) is 2.